The van der Waals surface area contributed by atoms with Gasteiger partial charge in [-0.1, -0.05) is 6.92 Å². The first-order valence-electron chi connectivity index (χ1n) is 5.90. The summed E-state index contributed by atoms with van der Waals surface area (Å²) in [6, 6.07) is 3.21. The molecule has 104 valence electrons. The Labute approximate surface area is 108 Å². The monoisotopic (exact) mass is 273 g/mol. The molecule has 19 heavy (non-hydrogen) atoms. The van der Waals surface area contributed by atoms with Gasteiger partial charge in [0.15, 0.2) is 0 Å². The molecule has 1 aromatic carbocycles. The summed E-state index contributed by atoms with van der Waals surface area (Å²) in [5.74, 6) is -1.58. The molecule has 0 radical (unpaired) electrons. The van der Waals surface area contributed by atoms with Gasteiger partial charge in [-0.3, -0.25) is 0 Å². The number of carboxylic acids is 1. The van der Waals surface area contributed by atoms with Crippen molar-refractivity contribution in [2.45, 2.75) is 25.9 Å². The molecule has 0 heterocycles. The summed E-state index contributed by atoms with van der Waals surface area (Å²) in [7, 11) is 0. The summed E-state index contributed by atoms with van der Waals surface area (Å²) in [4.78, 5) is 10.8. The number of anilines is 1. The van der Waals surface area contributed by atoms with Crippen molar-refractivity contribution in [1.82, 2.24) is 0 Å². The molecule has 0 aliphatic heterocycles. The van der Waals surface area contributed by atoms with E-state index < -0.39 is 23.3 Å². The minimum absolute atomic E-state index is 0.157. The number of carbonyl (C=O) groups is 1. The number of hydrogen-bond donors (Lipinski definition) is 2. The predicted octanol–water partition coefficient (Wildman–Crippen LogP) is 3.62. The summed E-state index contributed by atoms with van der Waals surface area (Å²) in [5, 5.41) is 11.7. The van der Waals surface area contributed by atoms with Gasteiger partial charge < -0.3 is 10.4 Å². The Balaban J connectivity index is 2.24. The zero-order valence-electron chi connectivity index (χ0n) is 10.3. The maximum absolute atomic E-state index is 12.8. The van der Waals surface area contributed by atoms with Crippen LogP contribution in [0.5, 0.6) is 0 Å². The first kappa shape index (κ1) is 13.7. The van der Waals surface area contributed by atoms with Crippen LogP contribution in [0.2, 0.25) is 0 Å². The van der Waals surface area contributed by atoms with Crippen molar-refractivity contribution in [2.75, 3.05) is 11.9 Å². The normalized spacial score (nSPS) is 17.1. The van der Waals surface area contributed by atoms with E-state index in [0.717, 1.165) is 25.0 Å². The van der Waals surface area contributed by atoms with Gasteiger partial charge in [0.2, 0.25) is 0 Å². The maximum atomic E-state index is 12.8. The number of rotatable bonds is 4. The lowest BCUT2D eigenvalue weighted by Gasteiger charge is -2.15. The highest BCUT2D eigenvalue weighted by molar-refractivity contribution is 5.90. The highest BCUT2D eigenvalue weighted by Gasteiger charge is 2.38. The fourth-order valence-electron chi connectivity index (χ4n) is 1.78. The fourth-order valence-corrected chi connectivity index (χ4v) is 1.78. The quantitative estimate of drug-likeness (QED) is 0.881. The summed E-state index contributed by atoms with van der Waals surface area (Å²) in [5.41, 5.74) is -1.39. The Morgan fingerprint density at radius 1 is 1.42 bits per heavy atom. The largest absolute Gasteiger partial charge is 0.478 e. The van der Waals surface area contributed by atoms with Gasteiger partial charge in [0.25, 0.3) is 0 Å². The molecule has 1 aromatic rings. The van der Waals surface area contributed by atoms with Crippen LogP contribution in [-0.4, -0.2) is 17.6 Å². The molecule has 2 rings (SSSR count). The molecule has 1 aliphatic carbocycles. The molecule has 0 aromatic heterocycles. The van der Waals surface area contributed by atoms with E-state index in [1.807, 2.05) is 0 Å². The number of carboxylic acid groups (broad SMARTS) is 1. The highest BCUT2D eigenvalue weighted by Crippen LogP contribution is 2.45. The van der Waals surface area contributed by atoms with E-state index >= 15 is 0 Å². The number of halogens is 3. The van der Waals surface area contributed by atoms with Gasteiger partial charge in [-0.2, -0.15) is 13.2 Å². The Bertz CT molecular complexity index is 507. The van der Waals surface area contributed by atoms with Crippen molar-refractivity contribution in [3.05, 3.63) is 29.3 Å². The van der Waals surface area contributed by atoms with E-state index in [-0.39, 0.29) is 5.41 Å². The van der Waals surface area contributed by atoms with Crippen LogP contribution in [0.3, 0.4) is 0 Å². The third-order valence-corrected chi connectivity index (χ3v) is 3.38. The average molecular weight is 273 g/mol. The molecular weight excluding hydrogens is 259 g/mol. The molecule has 0 unspecified atom stereocenters. The summed E-state index contributed by atoms with van der Waals surface area (Å²) < 4.78 is 38.4. The second-order valence-electron chi connectivity index (χ2n) is 5.23. The Morgan fingerprint density at radius 2 is 2.05 bits per heavy atom. The molecular formula is C13H14F3NO2. The van der Waals surface area contributed by atoms with Crippen molar-refractivity contribution in [2.24, 2.45) is 5.41 Å². The van der Waals surface area contributed by atoms with E-state index in [2.05, 4.69) is 12.2 Å². The van der Waals surface area contributed by atoms with Gasteiger partial charge in [-0.15, -0.1) is 0 Å². The third-order valence-electron chi connectivity index (χ3n) is 3.38. The molecule has 1 fully saturated rings. The average Bonchev–Trinajstić information content (AvgIpc) is 3.04. The van der Waals surface area contributed by atoms with E-state index in [0.29, 0.717) is 12.2 Å². The van der Waals surface area contributed by atoms with Gasteiger partial charge in [0, 0.05) is 12.2 Å². The van der Waals surface area contributed by atoms with Crippen LogP contribution in [0.1, 0.15) is 35.7 Å². The summed E-state index contributed by atoms with van der Waals surface area (Å²) in [6.07, 6.45) is -2.56. The highest BCUT2D eigenvalue weighted by atomic mass is 19.4. The molecule has 0 spiro atoms. The SMILES string of the molecule is CC1(CNc2ccc(C(=O)O)c(C(F)(F)F)c2)CC1. The van der Waals surface area contributed by atoms with Crippen LogP contribution in [-0.2, 0) is 6.18 Å². The number of hydrogen-bond acceptors (Lipinski definition) is 2. The van der Waals surface area contributed by atoms with Gasteiger partial charge in [0.05, 0.1) is 11.1 Å². The second-order valence-corrected chi connectivity index (χ2v) is 5.23. The maximum Gasteiger partial charge on any atom is 0.417 e. The molecule has 0 atom stereocenters. The van der Waals surface area contributed by atoms with Crippen molar-refractivity contribution in [3.63, 3.8) is 0 Å². The molecule has 1 saturated carbocycles. The number of benzene rings is 1. The number of nitrogens with one attached hydrogen (secondary N) is 1. The van der Waals surface area contributed by atoms with Crippen molar-refractivity contribution < 1.29 is 23.1 Å². The van der Waals surface area contributed by atoms with Crippen LogP contribution < -0.4 is 5.32 Å². The Hall–Kier alpha value is -1.72. The summed E-state index contributed by atoms with van der Waals surface area (Å²) in [6.45, 7) is 2.65. The number of aromatic carboxylic acids is 1. The first-order chi connectivity index (χ1) is 8.71. The smallest absolute Gasteiger partial charge is 0.417 e. The van der Waals surface area contributed by atoms with E-state index in [1.54, 1.807) is 0 Å². The van der Waals surface area contributed by atoms with Crippen LogP contribution in [0.4, 0.5) is 18.9 Å². The van der Waals surface area contributed by atoms with Gasteiger partial charge >= 0.3 is 12.1 Å². The molecule has 1 aliphatic rings. The zero-order valence-corrected chi connectivity index (χ0v) is 10.3. The minimum Gasteiger partial charge on any atom is -0.478 e. The molecule has 0 saturated heterocycles. The minimum atomic E-state index is -4.67. The molecule has 0 amide bonds. The lowest BCUT2D eigenvalue weighted by Crippen LogP contribution is -2.15. The van der Waals surface area contributed by atoms with Crippen molar-refractivity contribution >= 4 is 11.7 Å². The van der Waals surface area contributed by atoms with Crippen LogP contribution in [0.15, 0.2) is 18.2 Å². The second kappa shape index (κ2) is 4.43. The predicted molar refractivity (Wildman–Crippen MR) is 64.2 cm³/mol. The zero-order chi connectivity index (χ0) is 14.3. The van der Waals surface area contributed by atoms with Crippen LogP contribution in [0, 0.1) is 5.41 Å². The number of alkyl halides is 3. The lowest BCUT2D eigenvalue weighted by molar-refractivity contribution is -0.138. The van der Waals surface area contributed by atoms with Gasteiger partial charge in [-0.05, 0) is 36.5 Å². The lowest BCUT2D eigenvalue weighted by atomic mass is 10.1. The molecule has 6 heteroatoms. The van der Waals surface area contributed by atoms with Crippen molar-refractivity contribution in [3.8, 4) is 0 Å². The topological polar surface area (TPSA) is 49.3 Å². The molecule has 3 nitrogen and oxygen atoms in total. The van der Waals surface area contributed by atoms with Crippen molar-refractivity contribution in [1.29, 1.82) is 0 Å². The van der Waals surface area contributed by atoms with E-state index in [9.17, 15) is 18.0 Å². The van der Waals surface area contributed by atoms with Gasteiger partial charge in [0.1, 0.15) is 0 Å². The fraction of sp³-hybridized carbons (Fsp3) is 0.462. The summed E-state index contributed by atoms with van der Waals surface area (Å²) >= 11 is 0. The van der Waals surface area contributed by atoms with Gasteiger partial charge in [-0.25, -0.2) is 4.79 Å². The third kappa shape index (κ3) is 3.19. The van der Waals surface area contributed by atoms with E-state index in [1.165, 1.54) is 6.07 Å². The Kier molecular flexibility index (Phi) is 3.20. The molecule has 0 bridgehead atoms. The first-order valence-corrected chi connectivity index (χ1v) is 5.90. The van der Waals surface area contributed by atoms with Crippen LogP contribution >= 0.6 is 0 Å². The standard InChI is InChI=1S/C13H14F3NO2/c1-12(4-5-12)7-17-8-2-3-9(11(18)19)10(6-8)13(14,15)16/h2-3,6,17H,4-5,7H2,1H3,(H,18,19). The Morgan fingerprint density at radius 3 is 2.53 bits per heavy atom. The molecule has 2 N–H and O–H groups in total. The van der Waals surface area contributed by atoms with E-state index in [4.69, 9.17) is 5.11 Å². The van der Waals surface area contributed by atoms with Crippen LogP contribution in [0.25, 0.3) is 0 Å².